The molecule has 5 heteroatoms. The summed E-state index contributed by atoms with van der Waals surface area (Å²) >= 11 is 4.23. The number of nitrogens with zero attached hydrogens (tertiary/aromatic N) is 1. The predicted molar refractivity (Wildman–Crippen MR) is 56.2 cm³/mol. The van der Waals surface area contributed by atoms with Crippen molar-refractivity contribution in [1.82, 2.24) is 4.90 Å². The van der Waals surface area contributed by atoms with Gasteiger partial charge in [0.15, 0.2) is 0 Å². The summed E-state index contributed by atoms with van der Waals surface area (Å²) in [5.74, 6) is 0.716. The average Bonchev–Trinajstić information content (AvgIpc) is 2.98. The highest BCUT2D eigenvalue weighted by molar-refractivity contribution is 7.80. The molecule has 1 nitrogen and oxygen atoms in total. The van der Waals surface area contributed by atoms with Crippen molar-refractivity contribution < 1.29 is 13.2 Å². The third-order valence-corrected chi connectivity index (χ3v) is 3.95. The monoisotopic (exact) mass is 239 g/mol. The van der Waals surface area contributed by atoms with Crippen LogP contribution in [0.2, 0.25) is 0 Å². The van der Waals surface area contributed by atoms with Gasteiger partial charge in [-0.05, 0) is 36.9 Å². The van der Waals surface area contributed by atoms with E-state index in [9.17, 15) is 13.2 Å². The molecule has 2 saturated carbocycles. The first-order valence-corrected chi connectivity index (χ1v) is 5.99. The van der Waals surface area contributed by atoms with E-state index in [1.807, 2.05) is 0 Å². The molecule has 0 spiro atoms. The standard InChI is InChI=1S/C10H16F3NS/c11-10(12,13)6-14(8-1-2-8)5-9(7-15)3-4-9/h8,15H,1-7H2. The lowest BCUT2D eigenvalue weighted by Gasteiger charge is -2.27. The van der Waals surface area contributed by atoms with Crippen molar-refractivity contribution in [1.29, 1.82) is 0 Å². The first kappa shape index (κ1) is 11.6. The molecule has 0 N–H and O–H groups in total. The molecule has 0 aromatic carbocycles. The topological polar surface area (TPSA) is 3.24 Å². The Morgan fingerprint density at radius 3 is 2.20 bits per heavy atom. The van der Waals surface area contributed by atoms with E-state index in [-0.39, 0.29) is 11.5 Å². The van der Waals surface area contributed by atoms with Crippen LogP contribution in [-0.4, -0.2) is 36.0 Å². The van der Waals surface area contributed by atoms with Crippen molar-refractivity contribution in [2.24, 2.45) is 5.41 Å². The molecule has 88 valence electrons. The summed E-state index contributed by atoms with van der Waals surface area (Å²) in [6.07, 6.45) is -0.123. The van der Waals surface area contributed by atoms with Crippen LogP contribution in [0.3, 0.4) is 0 Å². The molecule has 2 fully saturated rings. The number of thiol groups is 1. The van der Waals surface area contributed by atoms with Crippen molar-refractivity contribution in [3.8, 4) is 0 Å². The maximum absolute atomic E-state index is 12.3. The molecule has 15 heavy (non-hydrogen) atoms. The molecular weight excluding hydrogens is 223 g/mol. The van der Waals surface area contributed by atoms with Crippen LogP contribution in [0.5, 0.6) is 0 Å². The van der Waals surface area contributed by atoms with Gasteiger partial charge in [-0.15, -0.1) is 0 Å². The second-order valence-corrected chi connectivity index (χ2v) is 5.23. The van der Waals surface area contributed by atoms with Crippen LogP contribution in [0, 0.1) is 5.41 Å². The molecule has 0 unspecified atom stereocenters. The minimum atomic E-state index is -4.06. The summed E-state index contributed by atoms with van der Waals surface area (Å²) in [6, 6.07) is 0.184. The number of rotatable bonds is 5. The van der Waals surface area contributed by atoms with E-state index in [0.29, 0.717) is 12.3 Å². The quantitative estimate of drug-likeness (QED) is 0.722. The van der Waals surface area contributed by atoms with Crippen molar-refractivity contribution in [3.63, 3.8) is 0 Å². The summed E-state index contributed by atoms with van der Waals surface area (Å²) in [7, 11) is 0. The van der Waals surface area contributed by atoms with Crippen molar-refractivity contribution in [2.45, 2.75) is 37.9 Å². The van der Waals surface area contributed by atoms with Gasteiger partial charge in [0.1, 0.15) is 0 Å². The molecule has 0 heterocycles. The van der Waals surface area contributed by atoms with Crippen LogP contribution in [0.1, 0.15) is 25.7 Å². The van der Waals surface area contributed by atoms with Gasteiger partial charge in [-0.2, -0.15) is 25.8 Å². The first-order chi connectivity index (χ1) is 6.94. The van der Waals surface area contributed by atoms with Crippen LogP contribution < -0.4 is 0 Å². The maximum atomic E-state index is 12.3. The normalized spacial score (nSPS) is 24.6. The minimum absolute atomic E-state index is 0.0942. The zero-order chi connectivity index (χ0) is 11.1. The zero-order valence-electron chi connectivity index (χ0n) is 8.56. The van der Waals surface area contributed by atoms with E-state index in [1.54, 1.807) is 4.90 Å². The van der Waals surface area contributed by atoms with Gasteiger partial charge in [0.05, 0.1) is 6.54 Å². The highest BCUT2D eigenvalue weighted by atomic mass is 32.1. The Kier molecular flexibility index (Phi) is 2.97. The van der Waals surface area contributed by atoms with Crippen molar-refractivity contribution in [2.75, 3.05) is 18.8 Å². The second-order valence-electron chi connectivity index (χ2n) is 4.91. The maximum Gasteiger partial charge on any atom is 0.401 e. The Hall–Kier alpha value is 0.100. The second kappa shape index (κ2) is 3.84. The SMILES string of the molecule is FC(F)(F)CN(CC1(CS)CC1)C1CC1. The number of hydrogen-bond donors (Lipinski definition) is 1. The summed E-state index contributed by atoms with van der Waals surface area (Å²) in [5.41, 5.74) is 0.0942. The lowest BCUT2D eigenvalue weighted by Crippen LogP contribution is -2.40. The molecule has 0 saturated heterocycles. The highest BCUT2D eigenvalue weighted by Crippen LogP contribution is 2.48. The molecule has 2 aliphatic carbocycles. The Bertz CT molecular complexity index is 233. The zero-order valence-corrected chi connectivity index (χ0v) is 9.45. The van der Waals surface area contributed by atoms with Crippen LogP contribution in [0.15, 0.2) is 0 Å². The molecule has 2 rings (SSSR count). The lowest BCUT2D eigenvalue weighted by atomic mass is 10.1. The van der Waals surface area contributed by atoms with Crippen molar-refractivity contribution in [3.05, 3.63) is 0 Å². The van der Waals surface area contributed by atoms with E-state index in [0.717, 1.165) is 25.7 Å². The van der Waals surface area contributed by atoms with Gasteiger partial charge >= 0.3 is 6.18 Å². The molecule has 0 aliphatic heterocycles. The van der Waals surface area contributed by atoms with Crippen LogP contribution in [0.4, 0.5) is 13.2 Å². The third kappa shape index (κ3) is 3.28. The Balaban J connectivity index is 1.89. The molecule has 0 radical (unpaired) electrons. The molecule has 0 aromatic heterocycles. The van der Waals surface area contributed by atoms with Gasteiger partial charge in [-0.3, -0.25) is 4.90 Å². The van der Waals surface area contributed by atoms with E-state index in [4.69, 9.17) is 0 Å². The average molecular weight is 239 g/mol. The predicted octanol–water partition coefficient (Wildman–Crippen LogP) is 2.72. The largest absolute Gasteiger partial charge is 0.401 e. The molecule has 0 aromatic rings. The smallest absolute Gasteiger partial charge is 0.291 e. The fourth-order valence-electron chi connectivity index (χ4n) is 1.96. The van der Waals surface area contributed by atoms with Crippen molar-refractivity contribution >= 4 is 12.6 Å². The van der Waals surface area contributed by atoms with E-state index in [1.165, 1.54) is 0 Å². The summed E-state index contributed by atoms with van der Waals surface area (Å²) in [6.45, 7) is -0.159. The van der Waals surface area contributed by atoms with Crippen LogP contribution in [0.25, 0.3) is 0 Å². The van der Waals surface area contributed by atoms with Gasteiger partial charge < -0.3 is 0 Å². The van der Waals surface area contributed by atoms with Crippen LogP contribution >= 0.6 is 12.6 Å². The molecule has 0 atom stereocenters. The summed E-state index contributed by atoms with van der Waals surface area (Å²) in [4.78, 5) is 1.61. The number of alkyl halides is 3. The fraction of sp³-hybridized carbons (Fsp3) is 1.00. The fourth-order valence-corrected chi connectivity index (χ4v) is 2.37. The summed E-state index contributed by atoms with van der Waals surface area (Å²) < 4.78 is 37.0. The lowest BCUT2D eigenvalue weighted by molar-refractivity contribution is -0.148. The number of halogens is 3. The highest BCUT2D eigenvalue weighted by Gasteiger charge is 2.47. The Morgan fingerprint density at radius 1 is 1.27 bits per heavy atom. The molecule has 0 amide bonds. The van der Waals surface area contributed by atoms with Gasteiger partial charge in [0.2, 0.25) is 0 Å². The van der Waals surface area contributed by atoms with E-state index < -0.39 is 12.7 Å². The number of hydrogen-bond acceptors (Lipinski definition) is 2. The molecule has 2 aliphatic rings. The van der Waals surface area contributed by atoms with Crippen LogP contribution in [-0.2, 0) is 0 Å². The molecule has 0 bridgehead atoms. The van der Waals surface area contributed by atoms with Gasteiger partial charge in [-0.25, -0.2) is 0 Å². The minimum Gasteiger partial charge on any atom is -0.291 e. The van der Waals surface area contributed by atoms with Gasteiger partial charge in [0.25, 0.3) is 0 Å². The summed E-state index contributed by atoms with van der Waals surface area (Å²) in [5, 5.41) is 0. The van der Waals surface area contributed by atoms with E-state index in [2.05, 4.69) is 12.6 Å². The molecular formula is C10H16F3NS. The van der Waals surface area contributed by atoms with Gasteiger partial charge in [0, 0.05) is 12.6 Å². The first-order valence-electron chi connectivity index (χ1n) is 5.36. The van der Waals surface area contributed by atoms with Gasteiger partial charge in [-0.1, -0.05) is 0 Å². The Labute approximate surface area is 93.4 Å². The third-order valence-electron chi connectivity index (χ3n) is 3.28. The Morgan fingerprint density at radius 2 is 1.87 bits per heavy atom. The van der Waals surface area contributed by atoms with E-state index >= 15 is 0 Å².